The normalized spacial score (nSPS) is 35.0. The fourth-order valence-electron chi connectivity index (χ4n) is 12.2. The lowest BCUT2D eigenvalue weighted by atomic mass is 9.78. The fourth-order valence-corrected chi connectivity index (χ4v) is 12.2. The summed E-state index contributed by atoms with van der Waals surface area (Å²) in [4.78, 5) is 90.6. The molecular weight excluding hydrogens is 1050 g/mol. The summed E-state index contributed by atoms with van der Waals surface area (Å²) in [5.74, 6) is -8.42. The van der Waals surface area contributed by atoms with Crippen molar-refractivity contribution < 1.29 is 67.4 Å². The Labute approximate surface area is 486 Å². The van der Waals surface area contributed by atoms with Crippen molar-refractivity contribution in [2.24, 2.45) is 40.5 Å². The van der Waals surface area contributed by atoms with Gasteiger partial charge in [-0.25, -0.2) is 9.59 Å². The smallest absolute Gasteiger partial charge is 0.407 e. The van der Waals surface area contributed by atoms with Crippen molar-refractivity contribution in [3.63, 3.8) is 0 Å². The van der Waals surface area contributed by atoms with E-state index in [0.29, 0.717) is 89.4 Å². The number of fused-ring (bicyclic) bond motifs is 3. The van der Waals surface area contributed by atoms with Crippen molar-refractivity contribution in [3.05, 3.63) is 95.3 Å². The number of methoxy groups -OCH3 is 2. The molecule has 452 valence electrons. The molecule has 15 atom stereocenters. The second-order valence-electron chi connectivity index (χ2n) is 23.8. The van der Waals surface area contributed by atoms with E-state index in [9.17, 15) is 39.0 Å². The molecule has 2 saturated heterocycles. The number of nitrogens with zero attached hydrogens (tertiary/aromatic N) is 2. The highest BCUT2D eigenvalue weighted by Gasteiger charge is 2.53. The summed E-state index contributed by atoms with van der Waals surface area (Å²) < 4.78 is 36.7. The van der Waals surface area contributed by atoms with Crippen molar-refractivity contribution in [3.8, 4) is 0 Å². The van der Waals surface area contributed by atoms with Gasteiger partial charge in [-0.15, -0.1) is 0 Å². The fraction of sp³-hybridized carbons (Fsp3) is 0.646. The number of carbonyl (C=O) groups excluding carboxylic acids is 6. The maximum Gasteiger partial charge on any atom is 0.407 e. The first-order valence-corrected chi connectivity index (χ1v) is 30.0. The summed E-state index contributed by atoms with van der Waals surface area (Å²) in [6.45, 7) is 13.5. The van der Waals surface area contributed by atoms with Gasteiger partial charge in [0.15, 0.2) is 5.78 Å². The summed E-state index contributed by atoms with van der Waals surface area (Å²) >= 11 is 0. The lowest BCUT2D eigenvalue weighted by Gasteiger charge is -2.43. The van der Waals surface area contributed by atoms with Crippen LogP contribution in [-0.4, -0.2) is 145 Å². The van der Waals surface area contributed by atoms with Crippen LogP contribution in [0.3, 0.4) is 0 Å². The minimum absolute atomic E-state index is 0.0126. The molecule has 0 aromatic heterocycles. The van der Waals surface area contributed by atoms with Crippen molar-refractivity contribution in [2.75, 3.05) is 33.9 Å². The van der Waals surface area contributed by atoms with Crippen LogP contribution in [0.2, 0.25) is 0 Å². The largest absolute Gasteiger partial charge is 0.460 e. The molecule has 4 heterocycles. The summed E-state index contributed by atoms with van der Waals surface area (Å²) in [6.07, 6.45) is 16.0. The predicted molar refractivity (Wildman–Crippen MR) is 312 cm³/mol. The first-order chi connectivity index (χ1) is 39.2. The van der Waals surface area contributed by atoms with E-state index in [2.05, 4.69) is 10.3 Å². The number of Topliss-reactive ketones (excluding diaryl/α,β-unsaturated/α-hetero) is 3. The number of carbonyl (C=O) groups is 6. The van der Waals surface area contributed by atoms with Crippen LogP contribution in [0.25, 0.3) is 0 Å². The molecule has 1 aromatic carbocycles. The first kappa shape index (κ1) is 65.7. The van der Waals surface area contributed by atoms with Gasteiger partial charge >= 0.3 is 12.1 Å². The molecule has 2 amide bonds. The van der Waals surface area contributed by atoms with E-state index in [4.69, 9.17) is 28.4 Å². The van der Waals surface area contributed by atoms with E-state index in [1.165, 1.54) is 12.0 Å². The number of alkyl carbamates (subject to hydrolysis) is 1. The van der Waals surface area contributed by atoms with Crippen LogP contribution < -0.4 is 5.32 Å². The van der Waals surface area contributed by atoms with Gasteiger partial charge < -0.3 is 48.9 Å². The minimum Gasteiger partial charge on any atom is -0.460 e. The molecule has 3 fully saturated rings. The SMILES string of the molecule is CO[C@@H]1C[C@H](C[C@@H](C)[C@@H]2CC(=O)[C@H](C)/C=C(\C)[C@@H](O)[C@@H](OC)C(=O)[C@H](C)C[C@H](C)/C=C/C=C/C=C(\C)C(OCCc3ccccc3)C[C@@H]3CC[C@@H](C)[C@@](O)(O3)C(=O)C(=O)N3CCCCC3C(=O)O2)CC[C@H]1OC(=O)NCCC1=CCC=N1. The van der Waals surface area contributed by atoms with Crippen LogP contribution in [-0.2, 0) is 58.8 Å². The molecule has 5 aliphatic rings. The molecule has 0 radical (unpaired) electrons. The van der Waals surface area contributed by atoms with Crippen LogP contribution in [0.4, 0.5) is 4.79 Å². The summed E-state index contributed by atoms with van der Waals surface area (Å²) in [5.41, 5.74) is 3.28. The third-order valence-electron chi connectivity index (χ3n) is 17.3. The van der Waals surface area contributed by atoms with E-state index >= 15 is 0 Å². The highest BCUT2D eigenvalue weighted by molar-refractivity contribution is 6.39. The number of ether oxygens (including phenoxy) is 6. The number of esters is 1. The van der Waals surface area contributed by atoms with E-state index in [0.717, 1.165) is 23.3 Å². The van der Waals surface area contributed by atoms with Gasteiger partial charge in [0.2, 0.25) is 5.79 Å². The number of hydrogen-bond acceptors (Lipinski definition) is 15. The number of aliphatic hydroxyl groups is 2. The molecule has 4 aliphatic heterocycles. The van der Waals surface area contributed by atoms with Gasteiger partial charge in [0.05, 0.1) is 24.9 Å². The summed E-state index contributed by atoms with van der Waals surface area (Å²) in [5, 5.41) is 26.7. The third kappa shape index (κ3) is 18.5. The highest BCUT2D eigenvalue weighted by Crippen LogP contribution is 2.38. The number of amides is 2. The Kier molecular flexibility index (Phi) is 25.7. The lowest BCUT2D eigenvalue weighted by Crippen LogP contribution is -2.61. The Morgan fingerprint density at radius 2 is 1.66 bits per heavy atom. The number of aliphatic hydroxyl groups excluding tert-OH is 1. The number of rotatable bonds is 13. The van der Waals surface area contributed by atoms with Crippen LogP contribution in [0.1, 0.15) is 144 Å². The summed E-state index contributed by atoms with van der Waals surface area (Å²) in [7, 11) is 2.96. The average Bonchev–Trinajstić information content (AvgIpc) is 4.08. The Balaban J connectivity index is 1.26. The molecule has 2 unspecified atom stereocenters. The van der Waals surface area contributed by atoms with Crippen LogP contribution in [0.5, 0.6) is 0 Å². The monoisotopic (exact) mass is 1140 g/mol. The molecule has 17 heteroatoms. The molecule has 17 nitrogen and oxygen atoms in total. The number of cyclic esters (lactones) is 1. The predicted octanol–water partition coefficient (Wildman–Crippen LogP) is 9.28. The number of aliphatic imine (C=N–C) groups is 1. The van der Waals surface area contributed by atoms with E-state index in [1.54, 1.807) is 34.0 Å². The number of nitrogens with one attached hydrogen (secondary N) is 1. The Bertz CT molecular complexity index is 2500. The molecular formula is C65H93N3O14. The second kappa shape index (κ2) is 32.0. The first-order valence-electron chi connectivity index (χ1n) is 30.0. The standard InChI is InChI=1S/C65H93N3O14/c1-41-19-12-10-13-20-42(2)55(79-34-30-48-21-14-11-15-22-48)39-51-27-25-47(7)65(76,82-51)61(72)62(73)68-33-17-16-24-52(68)63(74)80-56(40-53(69)43(3)36-46(6)59(71)60(78-9)58(70)45(5)35-41)44(4)37-49-26-28-54(57(38-49)77-8)81-64(75)67-32-29-50-23-18-31-66-50/h10-15,19-23,31,36,41,43-45,47,49,51-52,54-57,59-60,71,76H,16-18,24-30,32-35,37-40H2,1-9H3,(H,67,75)/b13-10+,19-12+,42-20+,46-36+/t41-,43-,44-,45-,47-,49+,51+,52?,54-,55?,56+,57-,59-,60+,65-/m1/s1. The van der Waals surface area contributed by atoms with Gasteiger partial charge in [-0.05, 0) is 119 Å². The van der Waals surface area contributed by atoms with Crippen LogP contribution in [0, 0.1) is 35.5 Å². The zero-order valence-electron chi connectivity index (χ0n) is 50.0. The molecule has 2 bridgehead atoms. The molecule has 0 spiro atoms. The number of allylic oxidation sites excluding steroid dienone is 7. The van der Waals surface area contributed by atoms with Gasteiger partial charge in [-0.2, -0.15) is 0 Å². The van der Waals surface area contributed by atoms with Crippen molar-refractivity contribution >= 4 is 41.5 Å². The van der Waals surface area contributed by atoms with E-state index in [1.807, 2.05) is 101 Å². The molecule has 82 heavy (non-hydrogen) atoms. The van der Waals surface area contributed by atoms with E-state index in [-0.39, 0.29) is 49.2 Å². The van der Waals surface area contributed by atoms with Gasteiger partial charge in [0.25, 0.3) is 11.7 Å². The molecule has 1 aromatic rings. The quantitative estimate of drug-likeness (QED) is 0.0951. The van der Waals surface area contributed by atoms with Crippen molar-refractivity contribution in [1.29, 1.82) is 0 Å². The maximum atomic E-state index is 14.7. The minimum atomic E-state index is -2.48. The van der Waals surface area contributed by atoms with Gasteiger partial charge in [-0.1, -0.05) is 107 Å². The van der Waals surface area contributed by atoms with Crippen LogP contribution >= 0.6 is 0 Å². The molecule has 1 aliphatic carbocycles. The van der Waals surface area contributed by atoms with Gasteiger partial charge in [-0.3, -0.25) is 24.2 Å². The Morgan fingerprint density at radius 3 is 2.38 bits per heavy atom. The van der Waals surface area contributed by atoms with E-state index < -0.39 is 102 Å². The Morgan fingerprint density at radius 1 is 0.890 bits per heavy atom. The summed E-state index contributed by atoms with van der Waals surface area (Å²) in [6, 6.07) is 8.79. The number of ketones is 3. The number of hydrogen-bond donors (Lipinski definition) is 3. The third-order valence-corrected chi connectivity index (χ3v) is 17.3. The zero-order valence-corrected chi connectivity index (χ0v) is 50.0. The molecule has 6 rings (SSSR count). The number of piperidine rings is 1. The second-order valence-corrected chi connectivity index (χ2v) is 23.8. The molecule has 3 N–H and O–H groups in total. The maximum absolute atomic E-state index is 14.7. The van der Waals surface area contributed by atoms with Crippen molar-refractivity contribution in [1.82, 2.24) is 10.2 Å². The van der Waals surface area contributed by atoms with Crippen LogP contribution in [0.15, 0.2) is 94.7 Å². The van der Waals surface area contributed by atoms with Gasteiger partial charge in [0.1, 0.15) is 36.2 Å². The lowest BCUT2D eigenvalue weighted by molar-refractivity contribution is -0.266. The zero-order chi connectivity index (χ0) is 59.5. The number of benzene rings is 1. The average molecular weight is 1140 g/mol. The van der Waals surface area contributed by atoms with Gasteiger partial charge in [0, 0.05) is 82.7 Å². The van der Waals surface area contributed by atoms with Crippen molar-refractivity contribution in [2.45, 2.75) is 199 Å². The topological polar surface area (TPSA) is 226 Å². The Hall–Kier alpha value is -5.43. The highest BCUT2D eigenvalue weighted by atomic mass is 16.6. The molecule has 1 saturated carbocycles.